The molecular formula is C22H18N4O2S. The predicted octanol–water partition coefficient (Wildman–Crippen LogP) is 4.44. The first-order valence-electron chi connectivity index (χ1n) is 9.42. The normalized spacial score (nSPS) is 13.9. The molecule has 29 heavy (non-hydrogen) atoms. The number of amides is 2. The van der Waals surface area contributed by atoms with E-state index in [1.165, 1.54) is 0 Å². The Morgan fingerprint density at radius 1 is 1.07 bits per heavy atom. The molecule has 3 heterocycles. The summed E-state index contributed by atoms with van der Waals surface area (Å²) in [4.78, 5) is 31.7. The van der Waals surface area contributed by atoms with Gasteiger partial charge in [-0.2, -0.15) is 0 Å². The van der Waals surface area contributed by atoms with E-state index in [-0.39, 0.29) is 11.8 Å². The van der Waals surface area contributed by atoms with Gasteiger partial charge in [-0.1, -0.05) is 12.1 Å². The van der Waals surface area contributed by atoms with Crippen LogP contribution in [0.1, 0.15) is 23.2 Å². The fourth-order valence-corrected chi connectivity index (χ4v) is 4.21. The van der Waals surface area contributed by atoms with Crippen LogP contribution in [0.4, 0.5) is 11.4 Å². The van der Waals surface area contributed by atoms with Crippen LogP contribution in [-0.2, 0) is 4.79 Å². The van der Waals surface area contributed by atoms with Gasteiger partial charge in [0.15, 0.2) is 4.96 Å². The summed E-state index contributed by atoms with van der Waals surface area (Å²) >= 11 is 1.59. The summed E-state index contributed by atoms with van der Waals surface area (Å²) < 4.78 is 2.00. The highest BCUT2D eigenvalue weighted by molar-refractivity contribution is 7.15. The van der Waals surface area contributed by atoms with Crippen LogP contribution in [0, 0.1) is 0 Å². The molecular weight excluding hydrogens is 384 g/mol. The average molecular weight is 402 g/mol. The lowest BCUT2D eigenvalue weighted by molar-refractivity contribution is -0.117. The van der Waals surface area contributed by atoms with Gasteiger partial charge in [0.1, 0.15) is 0 Å². The molecule has 0 unspecified atom stereocenters. The average Bonchev–Trinajstić information content (AvgIpc) is 3.45. The van der Waals surface area contributed by atoms with Crippen molar-refractivity contribution in [2.45, 2.75) is 12.8 Å². The summed E-state index contributed by atoms with van der Waals surface area (Å²) in [7, 11) is 0. The number of hydrogen-bond donors (Lipinski definition) is 1. The van der Waals surface area contributed by atoms with Gasteiger partial charge in [0, 0.05) is 53.2 Å². The third kappa shape index (κ3) is 3.40. The molecule has 2 aromatic carbocycles. The van der Waals surface area contributed by atoms with E-state index in [0.717, 1.165) is 40.6 Å². The van der Waals surface area contributed by atoms with Crippen LogP contribution >= 0.6 is 11.3 Å². The molecule has 0 aliphatic carbocycles. The molecule has 1 aliphatic heterocycles. The zero-order valence-electron chi connectivity index (χ0n) is 15.5. The number of rotatable bonds is 4. The summed E-state index contributed by atoms with van der Waals surface area (Å²) in [5.74, 6) is -0.0422. The minimum absolute atomic E-state index is 0.139. The van der Waals surface area contributed by atoms with E-state index in [2.05, 4.69) is 10.3 Å². The van der Waals surface area contributed by atoms with Crippen molar-refractivity contribution in [1.29, 1.82) is 0 Å². The molecule has 144 valence electrons. The number of hydrogen-bond acceptors (Lipinski definition) is 4. The Balaban J connectivity index is 1.28. The van der Waals surface area contributed by atoms with E-state index in [4.69, 9.17) is 0 Å². The summed E-state index contributed by atoms with van der Waals surface area (Å²) in [5, 5.41) is 4.91. The van der Waals surface area contributed by atoms with E-state index in [1.807, 2.05) is 58.6 Å². The molecule has 6 nitrogen and oxygen atoms in total. The Labute approximate surface area is 171 Å². The van der Waals surface area contributed by atoms with Crippen molar-refractivity contribution >= 4 is 39.5 Å². The monoisotopic (exact) mass is 402 g/mol. The molecule has 0 atom stereocenters. The highest BCUT2D eigenvalue weighted by atomic mass is 32.1. The Hall–Kier alpha value is -3.45. The number of carbonyl (C=O) groups is 2. The quantitative estimate of drug-likeness (QED) is 0.549. The molecule has 4 aromatic rings. The lowest BCUT2D eigenvalue weighted by Crippen LogP contribution is -2.23. The van der Waals surface area contributed by atoms with E-state index in [9.17, 15) is 9.59 Å². The van der Waals surface area contributed by atoms with Crippen LogP contribution in [0.2, 0.25) is 0 Å². The maximum absolute atomic E-state index is 12.5. The summed E-state index contributed by atoms with van der Waals surface area (Å²) in [5.41, 5.74) is 4.02. The largest absolute Gasteiger partial charge is 0.322 e. The minimum atomic E-state index is -0.181. The van der Waals surface area contributed by atoms with Crippen LogP contribution in [0.25, 0.3) is 16.2 Å². The second-order valence-electron chi connectivity index (χ2n) is 6.95. The summed E-state index contributed by atoms with van der Waals surface area (Å²) in [6.07, 6.45) is 5.45. The highest BCUT2D eigenvalue weighted by Gasteiger charge is 2.21. The SMILES string of the molecule is O=C(Nc1ccc(-c2cn3ccsc3n2)cc1)c1ccc(N2CCCC2=O)cc1. The van der Waals surface area contributed by atoms with Crippen molar-refractivity contribution in [2.75, 3.05) is 16.8 Å². The van der Waals surface area contributed by atoms with E-state index >= 15 is 0 Å². The summed E-state index contributed by atoms with van der Waals surface area (Å²) in [6.45, 7) is 0.742. The number of carbonyl (C=O) groups excluding carboxylic acids is 2. The number of anilines is 2. The molecule has 0 spiro atoms. The molecule has 2 amide bonds. The number of benzene rings is 2. The standard InChI is InChI=1S/C22H18N4O2S/c27-20-2-1-11-26(20)18-9-5-16(6-10-18)21(28)23-17-7-3-15(4-8-17)19-14-25-12-13-29-22(25)24-19/h3-10,12-14H,1-2,11H2,(H,23,28). The minimum Gasteiger partial charge on any atom is -0.322 e. The molecule has 0 bridgehead atoms. The zero-order valence-corrected chi connectivity index (χ0v) is 16.4. The number of imidazole rings is 1. The van der Waals surface area contributed by atoms with Gasteiger partial charge < -0.3 is 10.2 Å². The van der Waals surface area contributed by atoms with Crippen molar-refractivity contribution in [2.24, 2.45) is 0 Å². The van der Waals surface area contributed by atoms with E-state index < -0.39 is 0 Å². The van der Waals surface area contributed by atoms with Crippen LogP contribution in [0.5, 0.6) is 0 Å². The van der Waals surface area contributed by atoms with E-state index in [0.29, 0.717) is 12.0 Å². The Kier molecular flexibility index (Phi) is 4.37. The lowest BCUT2D eigenvalue weighted by Gasteiger charge is -2.15. The molecule has 0 radical (unpaired) electrons. The van der Waals surface area contributed by atoms with Gasteiger partial charge in [-0.05, 0) is 42.8 Å². The maximum Gasteiger partial charge on any atom is 0.255 e. The van der Waals surface area contributed by atoms with Crippen molar-refractivity contribution in [3.8, 4) is 11.3 Å². The zero-order chi connectivity index (χ0) is 19.8. The van der Waals surface area contributed by atoms with Gasteiger partial charge in [-0.3, -0.25) is 14.0 Å². The van der Waals surface area contributed by atoms with Crippen LogP contribution < -0.4 is 10.2 Å². The fourth-order valence-electron chi connectivity index (χ4n) is 3.51. The van der Waals surface area contributed by atoms with Crippen molar-refractivity contribution in [1.82, 2.24) is 9.38 Å². The van der Waals surface area contributed by atoms with Gasteiger partial charge >= 0.3 is 0 Å². The van der Waals surface area contributed by atoms with Gasteiger partial charge in [0.2, 0.25) is 5.91 Å². The topological polar surface area (TPSA) is 66.7 Å². The third-order valence-electron chi connectivity index (χ3n) is 5.05. The number of aromatic nitrogens is 2. The smallest absolute Gasteiger partial charge is 0.255 e. The number of thiazole rings is 1. The second-order valence-corrected chi connectivity index (χ2v) is 7.82. The van der Waals surface area contributed by atoms with Crippen molar-refractivity contribution < 1.29 is 9.59 Å². The first-order chi connectivity index (χ1) is 14.2. The first-order valence-corrected chi connectivity index (χ1v) is 10.3. The van der Waals surface area contributed by atoms with Gasteiger partial charge in [0.25, 0.3) is 5.91 Å². The second kappa shape index (κ2) is 7.18. The Morgan fingerprint density at radius 3 is 2.55 bits per heavy atom. The van der Waals surface area contributed by atoms with Crippen LogP contribution in [0.3, 0.4) is 0 Å². The van der Waals surface area contributed by atoms with Gasteiger partial charge in [-0.25, -0.2) is 4.98 Å². The molecule has 1 saturated heterocycles. The first kappa shape index (κ1) is 17.6. The molecule has 5 rings (SSSR count). The molecule has 1 N–H and O–H groups in total. The fraction of sp³-hybridized carbons (Fsp3) is 0.136. The number of nitrogens with zero attached hydrogens (tertiary/aromatic N) is 3. The summed E-state index contributed by atoms with van der Waals surface area (Å²) in [6, 6.07) is 14.8. The lowest BCUT2D eigenvalue weighted by atomic mass is 10.1. The molecule has 2 aromatic heterocycles. The number of nitrogens with one attached hydrogen (secondary N) is 1. The Bertz CT molecular complexity index is 1160. The van der Waals surface area contributed by atoms with Gasteiger partial charge in [-0.15, -0.1) is 11.3 Å². The Morgan fingerprint density at radius 2 is 1.86 bits per heavy atom. The highest BCUT2D eigenvalue weighted by Crippen LogP contribution is 2.24. The van der Waals surface area contributed by atoms with Crippen molar-refractivity contribution in [3.05, 3.63) is 71.9 Å². The van der Waals surface area contributed by atoms with Gasteiger partial charge in [0.05, 0.1) is 5.69 Å². The van der Waals surface area contributed by atoms with Crippen LogP contribution in [0.15, 0.2) is 66.3 Å². The maximum atomic E-state index is 12.5. The van der Waals surface area contributed by atoms with E-state index in [1.54, 1.807) is 28.4 Å². The van der Waals surface area contributed by atoms with Crippen LogP contribution in [-0.4, -0.2) is 27.7 Å². The number of fused-ring (bicyclic) bond motifs is 1. The predicted molar refractivity (Wildman–Crippen MR) is 114 cm³/mol. The molecule has 1 fully saturated rings. The third-order valence-corrected chi connectivity index (χ3v) is 5.82. The molecule has 7 heteroatoms. The van der Waals surface area contributed by atoms with Crippen molar-refractivity contribution in [3.63, 3.8) is 0 Å². The molecule has 0 saturated carbocycles. The molecule has 1 aliphatic rings.